The van der Waals surface area contributed by atoms with E-state index < -0.39 is 0 Å². The summed E-state index contributed by atoms with van der Waals surface area (Å²) in [6, 6.07) is 19.1. The Labute approximate surface area is 242 Å². The highest BCUT2D eigenvalue weighted by atomic mass is 16.3. The summed E-state index contributed by atoms with van der Waals surface area (Å²) in [5, 5.41) is 26.3. The first-order valence-corrected chi connectivity index (χ1v) is 13.2. The van der Waals surface area contributed by atoms with Gasteiger partial charge in [0.2, 0.25) is 0 Å². The Morgan fingerprint density at radius 3 is 1.81 bits per heavy atom. The van der Waals surface area contributed by atoms with Gasteiger partial charge in [-0.3, -0.25) is 9.97 Å². The number of hydrogen-bond acceptors (Lipinski definition) is 8. The number of rotatable bonds is 6. The highest BCUT2D eigenvalue weighted by Crippen LogP contribution is 2.29. The summed E-state index contributed by atoms with van der Waals surface area (Å²) in [5.74, 6) is 0.00422. The molecule has 4 N–H and O–H groups in total. The molecule has 0 radical (unpaired) electrons. The topological polar surface area (TPSA) is 115 Å². The number of benzene rings is 2. The van der Waals surface area contributed by atoms with E-state index in [9.17, 15) is 10.2 Å². The van der Waals surface area contributed by atoms with Crippen molar-refractivity contribution in [2.75, 3.05) is 0 Å². The molecule has 4 aliphatic heterocycles. The quantitative estimate of drug-likeness (QED) is 0.204. The van der Waals surface area contributed by atoms with Crippen LogP contribution >= 0.6 is 0 Å². The monoisotopic (exact) mass is 550 g/mol. The van der Waals surface area contributed by atoms with E-state index in [0.29, 0.717) is 34.2 Å². The van der Waals surface area contributed by atoms with Crippen LogP contribution in [0.1, 0.15) is 22.5 Å². The fourth-order valence-electron chi connectivity index (χ4n) is 4.63. The summed E-state index contributed by atoms with van der Waals surface area (Å²) in [4.78, 5) is 18.7. The molecule has 0 atom stereocenters. The SMILES string of the molecule is C=Cc1ccccc1N=C1C=C(O)N/C1=C/c1ccc2c(/C=C3/NC(O)=CC3=Nc3ccccc3C=C)ncc-2cn1. The molecule has 0 unspecified atom stereocenters. The Bertz CT molecular complexity index is 1890. The van der Waals surface area contributed by atoms with Crippen LogP contribution in [0.3, 0.4) is 0 Å². The third-order valence-corrected chi connectivity index (χ3v) is 6.70. The minimum absolute atomic E-state index is 0.00202. The zero-order valence-corrected chi connectivity index (χ0v) is 22.5. The van der Waals surface area contributed by atoms with E-state index >= 15 is 0 Å². The molecule has 0 amide bonds. The van der Waals surface area contributed by atoms with Gasteiger partial charge in [0, 0.05) is 35.7 Å². The summed E-state index contributed by atoms with van der Waals surface area (Å²) in [5.41, 5.74) is 8.70. The molecular formula is C34H26N6O2. The molecule has 0 aliphatic carbocycles. The molecule has 2 aromatic carbocycles. The van der Waals surface area contributed by atoms with Gasteiger partial charge in [0.25, 0.3) is 0 Å². The third-order valence-electron chi connectivity index (χ3n) is 6.70. The maximum absolute atomic E-state index is 10.2. The number of nitrogens with zero attached hydrogens (tertiary/aromatic N) is 4. The number of para-hydroxylation sites is 2. The van der Waals surface area contributed by atoms with Crippen LogP contribution in [0.2, 0.25) is 0 Å². The normalized spacial score (nSPS) is 18.3. The van der Waals surface area contributed by atoms with E-state index in [1.165, 1.54) is 0 Å². The molecule has 8 nitrogen and oxygen atoms in total. The number of hydrogen-bond donors (Lipinski definition) is 4. The molecule has 4 heterocycles. The molecule has 0 aromatic heterocycles. The Balaban J connectivity index is 1.33. The van der Waals surface area contributed by atoms with Gasteiger partial charge in [-0.1, -0.05) is 61.7 Å². The van der Waals surface area contributed by atoms with Crippen molar-refractivity contribution in [3.05, 3.63) is 144 Å². The van der Waals surface area contributed by atoms with Crippen molar-refractivity contribution in [3.63, 3.8) is 0 Å². The van der Waals surface area contributed by atoms with E-state index in [0.717, 1.165) is 33.6 Å². The van der Waals surface area contributed by atoms with Crippen molar-refractivity contribution in [3.8, 4) is 11.1 Å². The summed E-state index contributed by atoms with van der Waals surface area (Å²) in [6.07, 6.45) is 13.8. The Morgan fingerprint density at radius 2 is 1.21 bits per heavy atom. The van der Waals surface area contributed by atoms with E-state index in [-0.39, 0.29) is 11.8 Å². The zero-order chi connectivity index (χ0) is 29.1. The van der Waals surface area contributed by atoms with Gasteiger partial charge in [0.15, 0.2) is 11.8 Å². The number of aliphatic hydroxyl groups excluding tert-OH is 2. The summed E-state index contributed by atoms with van der Waals surface area (Å²) >= 11 is 0. The minimum atomic E-state index is 0.00202. The first kappa shape index (κ1) is 26.2. The number of aliphatic imine (C=N–C) groups is 2. The lowest BCUT2D eigenvalue weighted by molar-refractivity contribution is 0.385. The van der Waals surface area contributed by atoms with Gasteiger partial charge in [-0.15, -0.1) is 0 Å². The average molecular weight is 551 g/mol. The molecule has 2 aromatic rings. The highest BCUT2D eigenvalue weighted by molar-refractivity contribution is 6.15. The van der Waals surface area contributed by atoms with Crippen LogP contribution < -0.4 is 10.6 Å². The van der Waals surface area contributed by atoms with Crippen molar-refractivity contribution in [1.29, 1.82) is 0 Å². The van der Waals surface area contributed by atoms with Crippen molar-refractivity contribution in [2.45, 2.75) is 0 Å². The van der Waals surface area contributed by atoms with Crippen LogP contribution in [0.25, 0.3) is 35.4 Å². The van der Waals surface area contributed by atoms with E-state index in [1.807, 2.05) is 72.8 Å². The first-order valence-electron chi connectivity index (χ1n) is 13.2. The molecule has 0 saturated heterocycles. The largest absolute Gasteiger partial charge is 0.495 e. The fraction of sp³-hybridized carbons (Fsp3) is 0. The summed E-state index contributed by atoms with van der Waals surface area (Å²) in [6.45, 7) is 7.72. The second-order valence-corrected chi connectivity index (χ2v) is 9.47. The molecule has 0 fully saturated rings. The standard InChI is InChI=1S/C34H26N6O2/c1-3-21-9-5-7-11-26(21)37-31-17-33(41)39-29(31)15-24-13-14-25-23(19-35-24)20-36-28(25)16-30-32(18-34(42)40-30)38-27-12-8-6-10-22(27)4-2/h3-20,39-42H,1-2H2/b29-15+,30-16+,37-31?,38-32?. The molecule has 4 aliphatic rings. The summed E-state index contributed by atoms with van der Waals surface area (Å²) in [7, 11) is 0. The molecule has 0 spiro atoms. The van der Waals surface area contributed by atoms with Crippen LogP contribution in [0.15, 0.2) is 132 Å². The van der Waals surface area contributed by atoms with Crippen LogP contribution in [0, 0.1) is 0 Å². The van der Waals surface area contributed by atoms with Gasteiger partial charge in [-0.25, -0.2) is 9.98 Å². The fourth-order valence-corrected chi connectivity index (χ4v) is 4.63. The van der Waals surface area contributed by atoms with Gasteiger partial charge in [0.05, 0.1) is 45.6 Å². The van der Waals surface area contributed by atoms with E-state index in [4.69, 9.17) is 9.98 Å². The molecule has 204 valence electrons. The number of aliphatic hydroxyl groups is 2. The smallest absolute Gasteiger partial charge is 0.190 e. The molecule has 42 heavy (non-hydrogen) atoms. The Morgan fingerprint density at radius 1 is 0.667 bits per heavy atom. The van der Waals surface area contributed by atoms with Crippen LogP contribution in [0.5, 0.6) is 0 Å². The lowest BCUT2D eigenvalue weighted by atomic mass is 10.1. The third kappa shape index (κ3) is 5.37. The van der Waals surface area contributed by atoms with Crippen molar-refractivity contribution in [1.82, 2.24) is 20.6 Å². The second kappa shape index (κ2) is 11.2. The van der Waals surface area contributed by atoms with Gasteiger partial charge in [-0.2, -0.15) is 0 Å². The zero-order valence-electron chi connectivity index (χ0n) is 22.5. The van der Waals surface area contributed by atoms with Crippen LogP contribution in [0.4, 0.5) is 11.4 Å². The maximum atomic E-state index is 10.2. The number of nitrogens with one attached hydrogen (secondary N) is 2. The Kier molecular flexibility index (Phi) is 7.01. The number of aromatic nitrogens is 2. The van der Waals surface area contributed by atoms with Crippen molar-refractivity contribution in [2.24, 2.45) is 9.98 Å². The number of allylic oxidation sites excluding steroid dienone is 2. The minimum Gasteiger partial charge on any atom is -0.495 e. The van der Waals surface area contributed by atoms with Crippen LogP contribution in [-0.4, -0.2) is 31.6 Å². The predicted octanol–water partition coefficient (Wildman–Crippen LogP) is 7.10. The van der Waals surface area contributed by atoms with E-state index in [1.54, 1.807) is 36.7 Å². The van der Waals surface area contributed by atoms with Gasteiger partial charge in [-0.05, 0) is 47.5 Å². The van der Waals surface area contributed by atoms with Crippen LogP contribution in [-0.2, 0) is 0 Å². The second-order valence-electron chi connectivity index (χ2n) is 9.47. The first-order chi connectivity index (χ1) is 20.5. The van der Waals surface area contributed by atoms with E-state index in [2.05, 4.69) is 33.8 Å². The van der Waals surface area contributed by atoms with Gasteiger partial charge >= 0.3 is 0 Å². The molecule has 8 heteroatoms. The molecule has 0 bridgehead atoms. The lowest BCUT2D eigenvalue weighted by Crippen LogP contribution is -2.09. The summed E-state index contributed by atoms with van der Waals surface area (Å²) < 4.78 is 0. The molecule has 6 rings (SSSR count). The molecule has 0 saturated carbocycles. The maximum Gasteiger partial charge on any atom is 0.190 e. The van der Waals surface area contributed by atoms with Gasteiger partial charge in [0.1, 0.15) is 0 Å². The highest BCUT2D eigenvalue weighted by Gasteiger charge is 2.19. The molecular weight excluding hydrogens is 524 g/mol. The predicted molar refractivity (Wildman–Crippen MR) is 170 cm³/mol. The number of fused-ring (bicyclic) bond motifs is 1. The Hall–Kier alpha value is -6.02. The average Bonchev–Trinajstić information content (AvgIpc) is 3.61. The lowest BCUT2D eigenvalue weighted by Gasteiger charge is -2.04. The van der Waals surface area contributed by atoms with Crippen molar-refractivity contribution >= 4 is 47.1 Å². The van der Waals surface area contributed by atoms with Crippen molar-refractivity contribution < 1.29 is 10.2 Å². The van der Waals surface area contributed by atoms with Gasteiger partial charge < -0.3 is 20.8 Å².